The normalized spacial score (nSPS) is 17.6. The van der Waals surface area contributed by atoms with E-state index in [-0.39, 0.29) is 5.91 Å². The third kappa shape index (κ3) is 6.23. The van der Waals surface area contributed by atoms with Crippen molar-refractivity contribution < 1.29 is 9.53 Å². The quantitative estimate of drug-likeness (QED) is 0.376. The van der Waals surface area contributed by atoms with Crippen molar-refractivity contribution >= 4 is 28.9 Å². The maximum atomic E-state index is 12.6. The molecule has 3 aromatic carbocycles. The Morgan fingerprint density at radius 1 is 0.971 bits per heavy atom. The first-order valence-corrected chi connectivity index (χ1v) is 13.0. The van der Waals surface area contributed by atoms with Gasteiger partial charge in [0, 0.05) is 13.1 Å². The van der Waals surface area contributed by atoms with E-state index < -0.39 is 0 Å². The van der Waals surface area contributed by atoms with Gasteiger partial charge in [0.2, 0.25) is 0 Å². The van der Waals surface area contributed by atoms with Crippen LogP contribution in [0, 0.1) is 12.8 Å². The third-order valence-corrected chi connectivity index (χ3v) is 7.59. The van der Waals surface area contributed by atoms with Crippen LogP contribution < -0.4 is 4.74 Å². The van der Waals surface area contributed by atoms with E-state index in [1.54, 1.807) is 0 Å². The molecule has 2 heterocycles. The van der Waals surface area contributed by atoms with E-state index in [1.165, 1.54) is 22.9 Å². The minimum Gasteiger partial charge on any atom is -0.489 e. The highest BCUT2D eigenvalue weighted by atomic mass is 32.2. The number of thioether (sulfide) groups is 1. The number of likely N-dealkylation sites (tertiary alicyclic amines) is 1. The highest BCUT2D eigenvalue weighted by Gasteiger charge is 2.29. The number of ether oxygens (including phenoxy) is 1. The molecule has 2 aliphatic rings. The molecule has 0 unspecified atom stereocenters. The average molecular weight is 483 g/mol. The minimum absolute atomic E-state index is 0.151. The second kappa shape index (κ2) is 11.0. The maximum Gasteiger partial charge on any atom is 0.286 e. The SMILES string of the molecule is Cc1ccc(COc2cccc(/C=C3\SC(N4CCC(Cc5ccccc5)CC4)=NC3=O)c2)cc1. The molecular formula is C30H30N2O2S. The number of rotatable bonds is 6. The third-order valence-electron chi connectivity index (χ3n) is 6.54. The molecule has 35 heavy (non-hydrogen) atoms. The first-order chi connectivity index (χ1) is 17.1. The van der Waals surface area contributed by atoms with Crippen molar-refractivity contribution in [1.29, 1.82) is 0 Å². The van der Waals surface area contributed by atoms with Gasteiger partial charge >= 0.3 is 0 Å². The number of amidine groups is 1. The van der Waals surface area contributed by atoms with Gasteiger partial charge in [0.15, 0.2) is 5.17 Å². The summed E-state index contributed by atoms with van der Waals surface area (Å²) in [7, 11) is 0. The van der Waals surface area contributed by atoms with Gasteiger partial charge in [-0.15, -0.1) is 0 Å². The van der Waals surface area contributed by atoms with Crippen LogP contribution in [0.15, 0.2) is 88.8 Å². The van der Waals surface area contributed by atoms with E-state index in [2.05, 4.69) is 71.4 Å². The van der Waals surface area contributed by atoms with Crippen LogP contribution >= 0.6 is 11.8 Å². The van der Waals surface area contributed by atoms with Crippen LogP contribution in [0.3, 0.4) is 0 Å². The molecule has 0 spiro atoms. The van der Waals surface area contributed by atoms with Crippen molar-refractivity contribution in [2.75, 3.05) is 13.1 Å². The number of hydrogen-bond acceptors (Lipinski definition) is 4. The van der Waals surface area contributed by atoms with Crippen LogP contribution in [-0.2, 0) is 17.8 Å². The van der Waals surface area contributed by atoms with E-state index in [1.807, 2.05) is 30.3 Å². The molecule has 0 atom stereocenters. The topological polar surface area (TPSA) is 41.9 Å². The van der Waals surface area contributed by atoms with Gasteiger partial charge in [0.25, 0.3) is 5.91 Å². The van der Waals surface area contributed by atoms with Crippen molar-refractivity contribution in [3.8, 4) is 5.75 Å². The Morgan fingerprint density at radius 3 is 2.51 bits per heavy atom. The second-order valence-electron chi connectivity index (χ2n) is 9.28. The summed E-state index contributed by atoms with van der Waals surface area (Å²) in [6, 6.07) is 26.9. The summed E-state index contributed by atoms with van der Waals surface area (Å²) in [6.45, 7) is 4.49. The summed E-state index contributed by atoms with van der Waals surface area (Å²) in [6.07, 6.45) is 5.30. The molecule has 1 saturated heterocycles. The number of nitrogens with zero attached hydrogens (tertiary/aromatic N) is 2. The summed E-state index contributed by atoms with van der Waals surface area (Å²) < 4.78 is 5.97. The van der Waals surface area contributed by atoms with E-state index in [9.17, 15) is 4.79 Å². The fraction of sp³-hybridized carbons (Fsp3) is 0.267. The monoisotopic (exact) mass is 482 g/mol. The number of aryl methyl sites for hydroxylation is 1. The van der Waals surface area contributed by atoms with Crippen LogP contribution in [0.1, 0.15) is 35.1 Å². The highest BCUT2D eigenvalue weighted by molar-refractivity contribution is 8.18. The van der Waals surface area contributed by atoms with Gasteiger partial charge < -0.3 is 9.64 Å². The number of carbonyl (C=O) groups is 1. The average Bonchev–Trinajstić information content (AvgIpc) is 3.25. The van der Waals surface area contributed by atoms with Gasteiger partial charge in [-0.3, -0.25) is 4.79 Å². The second-order valence-corrected chi connectivity index (χ2v) is 10.3. The summed E-state index contributed by atoms with van der Waals surface area (Å²) in [5, 5.41) is 0.839. The summed E-state index contributed by atoms with van der Waals surface area (Å²) in [5.74, 6) is 1.33. The van der Waals surface area contributed by atoms with Crippen LogP contribution in [-0.4, -0.2) is 29.1 Å². The summed E-state index contributed by atoms with van der Waals surface area (Å²) in [4.78, 5) is 19.9. The van der Waals surface area contributed by atoms with Crippen molar-refractivity contribution in [2.24, 2.45) is 10.9 Å². The Bertz CT molecular complexity index is 1230. The lowest BCUT2D eigenvalue weighted by atomic mass is 9.90. The van der Waals surface area contributed by atoms with Crippen LogP contribution in [0.4, 0.5) is 0 Å². The lowest BCUT2D eigenvalue weighted by molar-refractivity contribution is -0.113. The van der Waals surface area contributed by atoms with Gasteiger partial charge in [-0.25, -0.2) is 0 Å². The minimum atomic E-state index is -0.151. The van der Waals surface area contributed by atoms with Crippen molar-refractivity contribution in [1.82, 2.24) is 4.90 Å². The zero-order valence-corrected chi connectivity index (χ0v) is 20.8. The maximum absolute atomic E-state index is 12.6. The molecule has 0 aromatic heterocycles. The fourth-order valence-corrected chi connectivity index (χ4v) is 5.47. The first kappa shape index (κ1) is 23.4. The lowest BCUT2D eigenvalue weighted by Gasteiger charge is -2.32. The molecule has 5 rings (SSSR count). The van der Waals surface area contributed by atoms with Crippen LogP contribution in [0.2, 0.25) is 0 Å². The smallest absolute Gasteiger partial charge is 0.286 e. The molecule has 1 fully saturated rings. The zero-order chi connectivity index (χ0) is 24.0. The molecule has 0 bridgehead atoms. The van der Waals surface area contributed by atoms with E-state index in [4.69, 9.17) is 4.74 Å². The Kier molecular flexibility index (Phi) is 7.34. The summed E-state index contributed by atoms with van der Waals surface area (Å²) >= 11 is 1.49. The Morgan fingerprint density at radius 2 is 1.74 bits per heavy atom. The number of hydrogen-bond donors (Lipinski definition) is 0. The van der Waals surface area contributed by atoms with Crippen LogP contribution in [0.5, 0.6) is 5.75 Å². The molecule has 0 aliphatic carbocycles. The van der Waals surface area contributed by atoms with Gasteiger partial charge in [-0.05, 0) is 78.8 Å². The Hall–Kier alpha value is -3.31. The molecule has 0 N–H and O–H groups in total. The van der Waals surface area contributed by atoms with E-state index in [0.717, 1.165) is 54.4 Å². The molecule has 2 aliphatic heterocycles. The summed E-state index contributed by atoms with van der Waals surface area (Å²) in [5.41, 5.74) is 4.72. The Labute approximate surface area is 211 Å². The molecule has 3 aromatic rings. The predicted octanol–water partition coefficient (Wildman–Crippen LogP) is 6.50. The molecule has 1 amide bonds. The number of amides is 1. The highest BCUT2D eigenvalue weighted by Crippen LogP contribution is 2.33. The lowest BCUT2D eigenvalue weighted by Crippen LogP contribution is -2.37. The molecule has 5 heteroatoms. The van der Waals surface area contributed by atoms with Gasteiger partial charge in [-0.1, -0.05) is 72.3 Å². The number of aliphatic imine (C=N–C) groups is 1. The van der Waals surface area contributed by atoms with Gasteiger partial charge in [-0.2, -0.15) is 4.99 Å². The number of piperidine rings is 1. The number of carbonyl (C=O) groups excluding carboxylic acids is 1. The molecular weight excluding hydrogens is 452 g/mol. The standard InChI is InChI=1S/C30H30N2O2S/c1-22-10-12-25(13-11-22)21-34-27-9-5-8-26(19-27)20-28-29(33)31-30(35-28)32-16-14-24(15-17-32)18-23-6-3-2-4-7-23/h2-13,19-20,24H,14-18,21H2,1H3/b28-20-. The van der Waals surface area contributed by atoms with E-state index >= 15 is 0 Å². The first-order valence-electron chi connectivity index (χ1n) is 12.2. The molecule has 0 saturated carbocycles. The van der Waals surface area contributed by atoms with E-state index in [0.29, 0.717) is 17.4 Å². The molecule has 0 radical (unpaired) electrons. The predicted molar refractivity (Wildman–Crippen MR) is 144 cm³/mol. The van der Waals surface area contributed by atoms with Gasteiger partial charge in [0.05, 0.1) is 4.91 Å². The Balaban J connectivity index is 1.16. The van der Waals surface area contributed by atoms with Crippen LogP contribution in [0.25, 0.3) is 6.08 Å². The van der Waals surface area contributed by atoms with Crippen molar-refractivity contribution in [2.45, 2.75) is 32.8 Å². The molecule has 178 valence electrons. The molecule has 4 nitrogen and oxygen atoms in total. The largest absolute Gasteiger partial charge is 0.489 e. The van der Waals surface area contributed by atoms with Crippen molar-refractivity contribution in [3.05, 3.63) is 106 Å². The number of benzene rings is 3. The zero-order valence-electron chi connectivity index (χ0n) is 20.0. The fourth-order valence-electron chi connectivity index (χ4n) is 4.51. The van der Waals surface area contributed by atoms with Crippen molar-refractivity contribution in [3.63, 3.8) is 0 Å². The van der Waals surface area contributed by atoms with Gasteiger partial charge in [0.1, 0.15) is 12.4 Å².